The predicted octanol–water partition coefficient (Wildman–Crippen LogP) is 2.18. The van der Waals surface area contributed by atoms with Crippen LogP contribution >= 0.6 is 11.8 Å². The lowest BCUT2D eigenvalue weighted by molar-refractivity contribution is 0.442. The van der Waals surface area contributed by atoms with Crippen molar-refractivity contribution < 1.29 is 4.42 Å². The van der Waals surface area contributed by atoms with E-state index in [0.717, 1.165) is 18.1 Å². The Kier molecular flexibility index (Phi) is 2.96. The highest BCUT2D eigenvalue weighted by atomic mass is 32.2. The number of aryl methyl sites for hydroxylation is 1. The molecule has 2 heterocycles. The number of rotatable bonds is 3. The largest absolute Gasteiger partial charge is 0.465 e. The number of hydrogen-bond donors (Lipinski definition) is 1. The molecular weight excluding hydrogens is 182 g/mol. The van der Waals surface area contributed by atoms with Gasteiger partial charge in [-0.1, -0.05) is 0 Å². The minimum atomic E-state index is 0.690. The SMILES string of the molecule is Cc1ccc(CNC2CCSC2)o1. The van der Waals surface area contributed by atoms with E-state index in [-0.39, 0.29) is 0 Å². The minimum absolute atomic E-state index is 0.690. The fraction of sp³-hybridized carbons (Fsp3) is 0.600. The highest BCUT2D eigenvalue weighted by Crippen LogP contribution is 2.17. The van der Waals surface area contributed by atoms with E-state index in [1.54, 1.807) is 0 Å². The molecule has 1 aromatic rings. The van der Waals surface area contributed by atoms with Gasteiger partial charge in [0, 0.05) is 11.8 Å². The number of nitrogens with one attached hydrogen (secondary N) is 1. The van der Waals surface area contributed by atoms with Crippen LogP contribution in [-0.2, 0) is 6.54 Å². The van der Waals surface area contributed by atoms with Crippen LogP contribution in [0.5, 0.6) is 0 Å². The molecule has 1 aliphatic heterocycles. The summed E-state index contributed by atoms with van der Waals surface area (Å²) in [5, 5.41) is 3.50. The number of furan rings is 1. The molecule has 3 heteroatoms. The van der Waals surface area contributed by atoms with Gasteiger partial charge >= 0.3 is 0 Å². The van der Waals surface area contributed by atoms with Crippen LogP contribution in [0, 0.1) is 6.92 Å². The third kappa shape index (κ3) is 2.51. The molecule has 1 aromatic heterocycles. The maximum absolute atomic E-state index is 5.47. The number of thioether (sulfide) groups is 1. The fourth-order valence-electron chi connectivity index (χ4n) is 1.52. The van der Waals surface area contributed by atoms with Crippen LogP contribution in [0.3, 0.4) is 0 Å². The molecule has 1 saturated heterocycles. The predicted molar refractivity (Wildman–Crippen MR) is 56.0 cm³/mol. The quantitative estimate of drug-likeness (QED) is 0.804. The minimum Gasteiger partial charge on any atom is -0.465 e. The summed E-state index contributed by atoms with van der Waals surface area (Å²) in [6, 6.07) is 4.75. The van der Waals surface area contributed by atoms with Crippen molar-refractivity contribution in [3.8, 4) is 0 Å². The summed E-state index contributed by atoms with van der Waals surface area (Å²) in [7, 11) is 0. The molecule has 0 aromatic carbocycles. The number of hydrogen-bond acceptors (Lipinski definition) is 3. The van der Waals surface area contributed by atoms with Crippen molar-refractivity contribution in [2.45, 2.75) is 25.9 Å². The molecule has 0 spiro atoms. The van der Waals surface area contributed by atoms with Crippen LogP contribution in [-0.4, -0.2) is 17.5 Å². The van der Waals surface area contributed by atoms with Gasteiger partial charge in [-0.3, -0.25) is 0 Å². The zero-order chi connectivity index (χ0) is 9.10. The molecule has 0 bridgehead atoms. The van der Waals surface area contributed by atoms with Gasteiger partial charge in [-0.15, -0.1) is 0 Å². The van der Waals surface area contributed by atoms with E-state index in [0.29, 0.717) is 6.04 Å². The normalized spacial score (nSPS) is 22.4. The Morgan fingerprint density at radius 1 is 1.62 bits per heavy atom. The molecule has 0 aliphatic carbocycles. The van der Waals surface area contributed by atoms with Crippen LogP contribution in [0.25, 0.3) is 0 Å². The first-order valence-corrected chi connectivity index (χ1v) is 5.86. The maximum atomic E-state index is 5.47. The molecular formula is C10H15NOS. The second-order valence-electron chi connectivity index (χ2n) is 3.45. The van der Waals surface area contributed by atoms with E-state index in [2.05, 4.69) is 5.32 Å². The lowest BCUT2D eigenvalue weighted by Crippen LogP contribution is -2.27. The molecule has 1 aliphatic rings. The third-order valence-corrected chi connectivity index (χ3v) is 3.45. The second-order valence-corrected chi connectivity index (χ2v) is 4.60. The summed E-state index contributed by atoms with van der Waals surface area (Å²) < 4.78 is 5.47. The molecule has 2 rings (SSSR count). The highest BCUT2D eigenvalue weighted by molar-refractivity contribution is 7.99. The van der Waals surface area contributed by atoms with Gasteiger partial charge in [0.05, 0.1) is 6.54 Å². The van der Waals surface area contributed by atoms with Crippen molar-refractivity contribution in [2.75, 3.05) is 11.5 Å². The first-order valence-electron chi connectivity index (χ1n) is 4.71. The van der Waals surface area contributed by atoms with Gasteiger partial charge in [0.15, 0.2) is 0 Å². The molecule has 0 amide bonds. The Balaban J connectivity index is 1.78. The Hall–Kier alpha value is -0.410. The average Bonchev–Trinajstić information content (AvgIpc) is 2.71. The van der Waals surface area contributed by atoms with Crippen molar-refractivity contribution in [1.82, 2.24) is 5.32 Å². The van der Waals surface area contributed by atoms with Crippen molar-refractivity contribution in [3.05, 3.63) is 23.7 Å². The lowest BCUT2D eigenvalue weighted by atomic mass is 10.2. The molecule has 72 valence electrons. The fourth-order valence-corrected chi connectivity index (χ4v) is 2.71. The van der Waals surface area contributed by atoms with Crippen molar-refractivity contribution >= 4 is 11.8 Å². The van der Waals surface area contributed by atoms with Gasteiger partial charge in [-0.2, -0.15) is 11.8 Å². The summed E-state index contributed by atoms with van der Waals surface area (Å²) in [6.07, 6.45) is 1.30. The molecule has 1 fully saturated rings. The van der Waals surface area contributed by atoms with E-state index in [1.807, 2.05) is 30.8 Å². The summed E-state index contributed by atoms with van der Waals surface area (Å²) in [5.41, 5.74) is 0. The molecule has 1 atom stereocenters. The van der Waals surface area contributed by atoms with E-state index in [9.17, 15) is 0 Å². The Labute approximate surface area is 83.1 Å². The topological polar surface area (TPSA) is 25.2 Å². The Morgan fingerprint density at radius 2 is 2.54 bits per heavy atom. The van der Waals surface area contributed by atoms with E-state index in [1.165, 1.54) is 17.9 Å². The van der Waals surface area contributed by atoms with E-state index in [4.69, 9.17) is 4.42 Å². The summed E-state index contributed by atoms with van der Waals surface area (Å²) in [5.74, 6) is 4.60. The zero-order valence-electron chi connectivity index (χ0n) is 7.88. The third-order valence-electron chi connectivity index (χ3n) is 2.29. The van der Waals surface area contributed by atoms with Crippen LogP contribution < -0.4 is 5.32 Å². The monoisotopic (exact) mass is 197 g/mol. The molecule has 0 radical (unpaired) electrons. The van der Waals surface area contributed by atoms with Gasteiger partial charge in [0.2, 0.25) is 0 Å². The molecule has 1 unspecified atom stereocenters. The van der Waals surface area contributed by atoms with Gasteiger partial charge in [0.25, 0.3) is 0 Å². The van der Waals surface area contributed by atoms with Crippen LogP contribution in [0.2, 0.25) is 0 Å². The van der Waals surface area contributed by atoms with Crippen LogP contribution in [0.4, 0.5) is 0 Å². The van der Waals surface area contributed by atoms with E-state index < -0.39 is 0 Å². The lowest BCUT2D eigenvalue weighted by Gasteiger charge is -2.08. The molecule has 2 nitrogen and oxygen atoms in total. The van der Waals surface area contributed by atoms with Crippen molar-refractivity contribution in [1.29, 1.82) is 0 Å². The molecule has 0 saturated carbocycles. The Morgan fingerprint density at radius 3 is 3.15 bits per heavy atom. The van der Waals surface area contributed by atoms with Gasteiger partial charge < -0.3 is 9.73 Å². The average molecular weight is 197 g/mol. The molecule has 13 heavy (non-hydrogen) atoms. The van der Waals surface area contributed by atoms with Gasteiger partial charge in [-0.25, -0.2) is 0 Å². The van der Waals surface area contributed by atoms with Gasteiger partial charge in [0.1, 0.15) is 11.5 Å². The zero-order valence-corrected chi connectivity index (χ0v) is 8.69. The van der Waals surface area contributed by atoms with Crippen LogP contribution in [0.1, 0.15) is 17.9 Å². The van der Waals surface area contributed by atoms with Crippen molar-refractivity contribution in [3.63, 3.8) is 0 Å². The van der Waals surface area contributed by atoms with Gasteiger partial charge in [-0.05, 0) is 31.2 Å². The summed E-state index contributed by atoms with van der Waals surface area (Å²) in [4.78, 5) is 0. The van der Waals surface area contributed by atoms with Crippen LogP contribution in [0.15, 0.2) is 16.5 Å². The highest BCUT2D eigenvalue weighted by Gasteiger charge is 2.14. The maximum Gasteiger partial charge on any atom is 0.117 e. The Bertz CT molecular complexity index is 266. The molecule has 1 N–H and O–H groups in total. The summed E-state index contributed by atoms with van der Waals surface area (Å²) >= 11 is 2.03. The summed E-state index contributed by atoms with van der Waals surface area (Å²) in [6.45, 7) is 2.86. The van der Waals surface area contributed by atoms with Crippen molar-refractivity contribution in [2.24, 2.45) is 0 Å². The smallest absolute Gasteiger partial charge is 0.117 e. The standard InChI is InChI=1S/C10H15NOS/c1-8-2-3-10(12-8)6-11-9-4-5-13-7-9/h2-3,9,11H,4-7H2,1H3. The first-order chi connectivity index (χ1) is 6.34. The second kappa shape index (κ2) is 4.20. The van der Waals surface area contributed by atoms with E-state index >= 15 is 0 Å². The first kappa shape index (κ1) is 9.16.